The molecule has 242 valence electrons. The van der Waals surface area contributed by atoms with Gasteiger partial charge in [0.1, 0.15) is 0 Å². The maximum absolute atomic E-state index is 12.5. The van der Waals surface area contributed by atoms with Crippen LogP contribution in [0.5, 0.6) is 0 Å². The van der Waals surface area contributed by atoms with Gasteiger partial charge in [-0.2, -0.15) is 0 Å². The number of hydrogen-bond donors (Lipinski definition) is 3. The summed E-state index contributed by atoms with van der Waals surface area (Å²) in [5.41, 5.74) is 4.61. The van der Waals surface area contributed by atoms with Gasteiger partial charge in [-0.05, 0) is 59.7 Å². The lowest BCUT2D eigenvalue weighted by atomic mass is 10.1. The van der Waals surface area contributed by atoms with Crippen LogP contribution in [-0.4, -0.2) is 61.5 Å². The Labute approximate surface area is 274 Å². The van der Waals surface area contributed by atoms with Gasteiger partial charge in [-0.25, -0.2) is 0 Å². The fraction of sp³-hybridized carbons (Fsp3) is 0.308. The number of rotatable bonds is 21. The first-order chi connectivity index (χ1) is 22.3. The molecule has 0 aromatic heterocycles. The maximum atomic E-state index is 12.5. The second-order valence-electron chi connectivity index (χ2n) is 11.4. The molecule has 0 aliphatic rings. The fourth-order valence-corrected chi connectivity index (χ4v) is 4.90. The van der Waals surface area contributed by atoms with Gasteiger partial charge in [-0.1, -0.05) is 91.0 Å². The molecule has 0 saturated carbocycles. The summed E-state index contributed by atoms with van der Waals surface area (Å²) in [5, 5.41) is 10.1. The fourth-order valence-electron chi connectivity index (χ4n) is 4.90. The van der Waals surface area contributed by atoms with Crippen LogP contribution >= 0.6 is 0 Å². The topological polar surface area (TPSA) is 90.5 Å². The third-order valence-corrected chi connectivity index (χ3v) is 7.38. The van der Waals surface area contributed by atoms with Crippen molar-refractivity contribution in [2.24, 2.45) is 0 Å². The van der Waals surface area contributed by atoms with Gasteiger partial charge in [0.25, 0.3) is 0 Å². The van der Waals surface area contributed by atoms with Gasteiger partial charge < -0.3 is 20.9 Å². The third kappa shape index (κ3) is 13.9. The molecule has 3 aromatic rings. The molecule has 0 aliphatic carbocycles. The van der Waals surface area contributed by atoms with Crippen molar-refractivity contribution < 1.29 is 14.4 Å². The quantitative estimate of drug-likeness (QED) is 0.0704. The minimum absolute atomic E-state index is 0.00292. The number of ketones is 3. The van der Waals surface area contributed by atoms with Crippen LogP contribution in [0.1, 0.15) is 71.1 Å². The predicted octanol–water partition coefficient (Wildman–Crippen LogP) is 6.59. The van der Waals surface area contributed by atoms with Crippen molar-refractivity contribution in [3.63, 3.8) is 0 Å². The van der Waals surface area contributed by atoms with E-state index < -0.39 is 0 Å². The standard InChI is InChI=1S/C39H48N4O3/c1-31(28-37(44)34-16-7-4-8-17-34)40-22-13-25-43(26-14-23-41-32(2)29-38(45)35-18-9-5-10-19-35)27-15-24-42-33(3)30-39(46)36-20-11-6-12-21-36/h4-12,16-21,28-30,40-42H,13-15,22-27H2,1-3H3/b31-28+,32-29+,33-30+. The molecule has 0 heterocycles. The van der Waals surface area contributed by atoms with E-state index in [0.29, 0.717) is 16.7 Å². The summed E-state index contributed by atoms with van der Waals surface area (Å²) in [5.74, 6) is -0.00875. The molecule has 3 N–H and O–H groups in total. The molecule has 0 radical (unpaired) electrons. The Morgan fingerprint density at radius 3 is 1.00 bits per heavy atom. The molecule has 7 nitrogen and oxygen atoms in total. The molecule has 7 heteroatoms. The van der Waals surface area contributed by atoms with E-state index in [-0.39, 0.29) is 17.3 Å². The van der Waals surface area contributed by atoms with Crippen molar-refractivity contribution in [1.29, 1.82) is 0 Å². The Morgan fingerprint density at radius 2 is 0.739 bits per heavy atom. The SMILES string of the molecule is C/C(=C\C(=O)c1ccccc1)NCCCN(CCCN/C(C)=C/C(=O)c1ccccc1)CCCN/C(C)=C/C(=O)c1ccccc1. The summed E-state index contributed by atoms with van der Waals surface area (Å²) >= 11 is 0. The lowest BCUT2D eigenvalue weighted by Gasteiger charge is -2.23. The number of nitrogens with one attached hydrogen (secondary N) is 3. The second-order valence-corrected chi connectivity index (χ2v) is 11.4. The molecular weight excluding hydrogens is 572 g/mol. The van der Waals surface area contributed by atoms with Crippen molar-refractivity contribution in [2.75, 3.05) is 39.3 Å². The number of carbonyl (C=O) groups excluding carboxylic acids is 3. The summed E-state index contributed by atoms with van der Waals surface area (Å²) in [6, 6.07) is 27.9. The number of hydrogen-bond acceptors (Lipinski definition) is 7. The van der Waals surface area contributed by atoms with Crippen LogP contribution in [0.2, 0.25) is 0 Å². The molecule has 3 rings (SSSR count). The minimum atomic E-state index is -0.00292. The molecular formula is C39H48N4O3. The van der Waals surface area contributed by atoms with E-state index >= 15 is 0 Å². The molecule has 0 aliphatic heterocycles. The number of benzene rings is 3. The first-order valence-corrected chi connectivity index (χ1v) is 16.1. The number of carbonyl (C=O) groups is 3. The highest BCUT2D eigenvalue weighted by molar-refractivity contribution is 6.05. The summed E-state index contributed by atoms with van der Waals surface area (Å²) < 4.78 is 0. The van der Waals surface area contributed by atoms with E-state index in [1.54, 1.807) is 18.2 Å². The van der Waals surface area contributed by atoms with E-state index in [1.165, 1.54) is 0 Å². The smallest absolute Gasteiger partial charge is 0.187 e. The van der Waals surface area contributed by atoms with Crippen molar-refractivity contribution >= 4 is 17.3 Å². The first kappa shape index (κ1) is 35.7. The minimum Gasteiger partial charge on any atom is -0.388 e. The highest BCUT2D eigenvalue weighted by Crippen LogP contribution is 2.06. The van der Waals surface area contributed by atoms with Crippen molar-refractivity contribution in [3.05, 3.63) is 143 Å². The first-order valence-electron chi connectivity index (χ1n) is 16.1. The van der Waals surface area contributed by atoms with Gasteiger partial charge in [0.2, 0.25) is 0 Å². The highest BCUT2D eigenvalue weighted by Gasteiger charge is 2.08. The van der Waals surface area contributed by atoms with Crippen LogP contribution in [0.4, 0.5) is 0 Å². The van der Waals surface area contributed by atoms with Gasteiger partial charge in [-0.15, -0.1) is 0 Å². The molecule has 0 amide bonds. The van der Waals surface area contributed by atoms with Crippen LogP contribution in [-0.2, 0) is 0 Å². The van der Waals surface area contributed by atoms with Gasteiger partial charge >= 0.3 is 0 Å². The monoisotopic (exact) mass is 620 g/mol. The van der Waals surface area contributed by atoms with Gasteiger partial charge in [0.05, 0.1) is 0 Å². The summed E-state index contributed by atoms with van der Waals surface area (Å²) in [4.78, 5) is 39.8. The lowest BCUT2D eigenvalue weighted by molar-refractivity contribution is 0.103. The Balaban J connectivity index is 1.45. The lowest BCUT2D eigenvalue weighted by Crippen LogP contribution is -2.32. The summed E-state index contributed by atoms with van der Waals surface area (Å²) in [6.45, 7) is 10.8. The Hall–Kier alpha value is -4.75. The van der Waals surface area contributed by atoms with E-state index in [4.69, 9.17) is 0 Å². The predicted molar refractivity (Wildman–Crippen MR) is 188 cm³/mol. The summed E-state index contributed by atoms with van der Waals surface area (Å²) in [7, 11) is 0. The van der Waals surface area contributed by atoms with Gasteiger partial charge in [0, 0.05) is 71.6 Å². The molecule has 0 unspecified atom stereocenters. The number of allylic oxidation sites excluding steroid dienone is 6. The average Bonchev–Trinajstić information content (AvgIpc) is 3.07. The molecule has 3 aromatic carbocycles. The Kier molecular flexibility index (Phi) is 15.8. The van der Waals surface area contributed by atoms with Crippen molar-refractivity contribution in [3.8, 4) is 0 Å². The Morgan fingerprint density at radius 1 is 0.478 bits per heavy atom. The van der Waals surface area contributed by atoms with Crippen molar-refractivity contribution in [1.82, 2.24) is 20.9 Å². The molecule has 0 fully saturated rings. The zero-order chi connectivity index (χ0) is 33.0. The van der Waals surface area contributed by atoms with E-state index in [2.05, 4.69) is 20.9 Å². The zero-order valence-corrected chi connectivity index (χ0v) is 27.4. The largest absolute Gasteiger partial charge is 0.388 e. The highest BCUT2D eigenvalue weighted by atomic mass is 16.1. The zero-order valence-electron chi connectivity index (χ0n) is 27.4. The van der Waals surface area contributed by atoms with E-state index in [0.717, 1.165) is 75.6 Å². The van der Waals surface area contributed by atoms with Crippen LogP contribution in [0, 0.1) is 0 Å². The average molecular weight is 621 g/mol. The maximum Gasteiger partial charge on any atom is 0.187 e. The molecule has 0 bridgehead atoms. The normalized spacial score (nSPS) is 12.1. The summed E-state index contributed by atoms with van der Waals surface area (Å²) in [6.07, 6.45) is 7.76. The number of nitrogens with zero attached hydrogens (tertiary/aromatic N) is 1. The Bertz CT molecular complexity index is 1290. The van der Waals surface area contributed by atoms with Crippen molar-refractivity contribution in [2.45, 2.75) is 40.0 Å². The third-order valence-electron chi connectivity index (χ3n) is 7.38. The second kappa shape index (κ2) is 20.3. The molecule has 0 atom stereocenters. The van der Waals surface area contributed by atoms with E-state index in [1.807, 2.05) is 112 Å². The van der Waals surface area contributed by atoms with Crippen LogP contribution in [0.25, 0.3) is 0 Å². The van der Waals surface area contributed by atoms with Crippen LogP contribution in [0.3, 0.4) is 0 Å². The van der Waals surface area contributed by atoms with Gasteiger partial charge in [0.15, 0.2) is 17.3 Å². The molecule has 46 heavy (non-hydrogen) atoms. The van der Waals surface area contributed by atoms with Crippen LogP contribution < -0.4 is 16.0 Å². The van der Waals surface area contributed by atoms with Crippen LogP contribution in [0.15, 0.2) is 126 Å². The van der Waals surface area contributed by atoms with Gasteiger partial charge in [-0.3, -0.25) is 14.4 Å². The van der Waals surface area contributed by atoms with E-state index in [9.17, 15) is 14.4 Å². The molecule has 0 saturated heterocycles. The molecule has 0 spiro atoms.